The molecule has 7 nitrogen and oxygen atoms in total. The van der Waals surface area contributed by atoms with Gasteiger partial charge in [-0.05, 0) is 67.4 Å². The Hall–Kier alpha value is -1.91. The van der Waals surface area contributed by atoms with Gasteiger partial charge >= 0.3 is 0 Å². The van der Waals surface area contributed by atoms with Crippen molar-refractivity contribution in [2.75, 3.05) is 24.2 Å². The molecule has 11 heteroatoms. The second kappa shape index (κ2) is 9.76. The summed E-state index contributed by atoms with van der Waals surface area (Å²) in [4.78, 5) is 9.64. The molecule has 5 rings (SSSR count). The maximum absolute atomic E-state index is 12.3. The summed E-state index contributed by atoms with van der Waals surface area (Å²) in [6.45, 7) is 6.72. The van der Waals surface area contributed by atoms with Crippen molar-refractivity contribution >= 4 is 66.2 Å². The van der Waals surface area contributed by atoms with Gasteiger partial charge in [0.1, 0.15) is 5.69 Å². The molecule has 1 unspecified atom stereocenters. The number of anilines is 1. The molecular formula is C25H26BrCl2N5O2S. The highest BCUT2D eigenvalue weighted by Gasteiger charge is 2.32. The third kappa shape index (κ3) is 4.60. The van der Waals surface area contributed by atoms with Crippen LogP contribution in [-0.2, 0) is 16.4 Å². The predicted octanol–water partition coefficient (Wildman–Crippen LogP) is 6.07. The quantitative estimate of drug-likeness (QED) is 0.367. The molecule has 0 saturated carbocycles. The van der Waals surface area contributed by atoms with Crippen LogP contribution in [0.1, 0.15) is 36.0 Å². The molecule has 2 aliphatic rings. The van der Waals surface area contributed by atoms with E-state index in [0.29, 0.717) is 29.6 Å². The first-order valence-electron chi connectivity index (χ1n) is 11.7. The second-order valence-electron chi connectivity index (χ2n) is 9.12. The van der Waals surface area contributed by atoms with Gasteiger partial charge in [-0.1, -0.05) is 23.2 Å². The lowest BCUT2D eigenvalue weighted by atomic mass is 10.1. The molecule has 1 atom stereocenters. The summed E-state index contributed by atoms with van der Waals surface area (Å²) in [6, 6.07) is 7.56. The van der Waals surface area contributed by atoms with Gasteiger partial charge < -0.3 is 9.88 Å². The average molecular weight is 611 g/mol. The fourth-order valence-corrected chi connectivity index (χ4v) is 6.89. The fraction of sp³-hybridized carbons (Fsp3) is 0.360. The number of pyridine rings is 1. The topological polar surface area (TPSA) is 79.6 Å². The minimum atomic E-state index is -3.20. The standard InChI is InChI=1S/C25H26BrCl2N5O2S/c1-4-36(34,35)32-8-7-17(13-32)30-24-19(26)12-29-22-11-21(31-25(22)24)18-9-14(2)33(15(18)3)23-10-16(27)5-6-20(23)28/h5-6,9-10,12,17H,4,7-8,11,13H2,1-3H3,(H,29,30). The van der Waals surface area contributed by atoms with Crippen LogP contribution in [0.2, 0.25) is 10.0 Å². The summed E-state index contributed by atoms with van der Waals surface area (Å²) in [7, 11) is -3.20. The van der Waals surface area contributed by atoms with Gasteiger partial charge in [0.2, 0.25) is 10.0 Å². The summed E-state index contributed by atoms with van der Waals surface area (Å²) < 4.78 is 29.1. The molecule has 4 heterocycles. The predicted molar refractivity (Wildman–Crippen MR) is 150 cm³/mol. The molecule has 0 amide bonds. The van der Waals surface area contributed by atoms with Gasteiger partial charge in [0.05, 0.1) is 38.0 Å². The van der Waals surface area contributed by atoms with Crippen LogP contribution in [0, 0.1) is 13.8 Å². The lowest BCUT2D eigenvalue weighted by Gasteiger charge is -2.18. The zero-order valence-electron chi connectivity index (χ0n) is 20.1. The van der Waals surface area contributed by atoms with E-state index in [1.807, 2.05) is 13.0 Å². The molecule has 1 N–H and O–H groups in total. The number of halogens is 3. The maximum Gasteiger partial charge on any atom is 0.213 e. The monoisotopic (exact) mass is 609 g/mol. The Morgan fingerprint density at radius 2 is 2.00 bits per heavy atom. The van der Waals surface area contributed by atoms with E-state index in [-0.39, 0.29) is 11.8 Å². The van der Waals surface area contributed by atoms with E-state index in [1.54, 1.807) is 29.6 Å². The van der Waals surface area contributed by atoms with E-state index in [9.17, 15) is 8.42 Å². The zero-order valence-corrected chi connectivity index (χ0v) is 24.1. The largest absolute Gasteiger partial charge is 0.378 e. The molecule has 1 fully saturated rings. The number of nitrogens with zero attached hydrogens (tertiary/aromatic N) is 4. The number of aliphatic imine (C=N–C) groups is 1. The van der Waals surface area contributed by atoms with Crippen LogP contribution in [0.4, 0.5) is 11.4 Å². The third-order valence-electron chi connectivity index (χ3n) is 6.81. The molecule has 1 aromatic carbocycles. The molecule has 0 aliphatic carbocycles. The van der Waals surface area contributed by atoms with Gasteiger partial charge in [0.15, 0.2) is 0 Å². The van der Waals surface area contributed by atoms with Crippen molar-refractivity contribution in [1.29, 1.82) is 0 Å². The molecule has 3 aromatic rings. The minimum Gasteiger partial charge on any atom is -0.378 e. The first kappa shape index (κ1) is 25.7. The number of fused-ring (bicyclic) bond motifs is 1. The number of aryl methyl sites for hydroxylation is 1. The molecule has 2 aliphatic heterocycles. The Morgan fingerprint density at radius 1 is 1.22 bits per heavy atom. The van der Waals surface area contributed by atoms with Gasteiger partial charge in [-0.15, -0.1) is 0 Å². The summed E-state index contributed by atoms with van der Waals surface area (Å²) in [6.07, 6.45) is 3.12. The first-order chi connectivity index (χ1) is 17.1. The van der Waals surface area contributed by atoms with Crippen molar-refractivity contribution in [2.45, 2.75) is 39.7 Å². The molecule has 2 aromatic heterocycles. The number of benzene rings is 1. The second-order valence-corrected chi connectivity index (χ2v) is 13.1. The molecule has 190 valence electrons. The van der Waals surface area contributed by atoms with Gasteiger partial charge in [-0.2, -0.15) is 4.31 Å². The van der Waals surface area contributed by atoms with Crippen LogP contribution in [0.5, 0.6) is 0 Å². The Morgan fingerprint density at radius 3 is 2.75 bits per heavy atom. The highest BCUT2D eigenvalue weighted by atomic mass is 79.9. The van der Waals surface area contributed by atoms with Crippen molar-refractivity contribution in [3.8, 4) is 5.69 Å². The Balaban J connectivity index is 1.47. The smallest absolute Gasteiger partial charge is 0.213 e. The molecule has 0 spiro atoms. The van der Waals surface area contributed by atoms with Crippen LogP contribution >= 0.6 is 39.1 Å². The minimum absolute atomic E-state index is 0.00316. The fourth-order valence-electron chi connectivity index (χ4n) is 4.96. The number of sulfonamides is 1. The van der Waals surface area contributed by atoms with E-state index in [1.165, 1.54) is 0 Å². The Bertz CT molecular complexity index is 1500. The van der Waals surface area contributed by atoms with Crippen molar-refractivity contribution in [1.82, 2.24) is 13.9 Å². The highest BCUT2D eigenvalue weighted by molar-refractivity contribution is 9.10. The van der Waals surface area contributed by atoms with Crippen molar-refractivity contribution in [3.63, 3.8) is 0 Å². The molecule has 0 radical (unpaired) electrons. The Kier molecular flexibility index (Phi) is 6.97. The highest BCUT2D eigenvalue weighted by Crippen LogP contribution is 2.41. The summed E-state index contributed by atoms with van der Waals surface area (Å²) in [5.74, 6) is 0.112. The number of rotatable bonds is 6. The maximum atomic E-state index is 12.3. The van der Waals surface area contributed by atoms with E-state index in [0.717, 1.165) is 56.3 Å². The van der Waals surface area contributed by atoms with Gasteiger partial charge in [-0.25, -0.2) is 13.4 Å². The van der Waals surface area contributed by atoms with Gasteiger partial charge in [0.25, 0.3) is 0 Å². The van der Waals surface area contributed by atoms with E-state index >= 15 is 0 Å². The van der Waals surface area contributed by atoms with Crippen LogP contribution in [0.25, 0.3) is 5.69 Å². The SMILES string of the molecule is CCS(=O)(=O)N1CCC(Nc2c(Br)cnc3c2N=C(c2cc(C)n(-c4cc(Cl)ccc4Cl)c2C)C3)C1. The number of aromatic nitrogens is 2. The lowest BCUT2D eigenvalue weighted by Crippen LogP contribution is -2.32. The van der Waals surface area contributed by atoms with E-state index in [2.05, 4.69) is 43.8 Å². The first-order valence-corrected chi connectivity index (χ1v) is 14.9. The van der Waals surface area contributed by atoms with Crippen LogP contribution in [0.3, 0.4) is 0 Å². The van der Waals surface area contributed by atoms with Crippen molar-refractivity contribution in [3.05, 3.63) is 67.6 Å². The van der Waals surface area contributed by atoms with Crippen molar-refractivity contribution < 1.29 is 8.42 Å². The molecule has 36 heavy (non-hydrogen) atoms. The number of hydrogen-bond donors (Lipinski definition) is 1. The number of hydrogen-bond acceptors (Lipinski definition) is 5. The third-order valence-corrected chi connectivity index (χ3v) is 9.82. The summed E-state index contributed by atoms with van der Waals surface area (Å²) in [5, 5.41) is 4.78. The lowest BCUT2D eigenvalue weighted by molar-refractivity contribution is 0.476. The van der Waals surface area contributed by atoms with Crippen LogP contribution in [0.15, 0.2) is 39.9 Å². The molecule has 0 bridgehead atoms. The van der Waals surface area contributed by atoms with Crippen molar-refractivity contribution in [2.24, 2.45) is 4.99 Å². The summed E-state index contributed by atoms with van der Waals surface area (Å²) in [5.41, 5.74) is 7.37. The normalized spacial score (nSPS) is 17.9. The van der Waals surface area contributed by atoms with E-state index < -0.39 is 10.0 Å². The summed E-state index contributed by atoms with van der Waals surface area (Å²) >= 11 is 16.4. The van der Waals surface area contributed by atoms with E-state index in [4.69, 9.17) is 28.2 Å². The van der Waals surface area contributed by atoms with Gasteiger partial charge in [0, 0.05) is 53.7 Å². The number of nitrogens with one attached hydrogen (secondary N) is 1. The molecule has 1 saturated heterocycles. The van der Waals surface area contributed by atoms with Gasteiger partial charge in [-0.3, -0.25) is 4.98 Å². The zero-order chi connectivity index (χ0) is 25.8. The van der Waals surface area contributed by atoms with Crippen LogP contribution in [-0.4, -0.2) is 52.9 Å². The average Bonchev–Trinajstić information content (AvgIpc) is 3.55. The Labute approximate surface area is 229 Å². The van der Waals surface area contributed by atoms with Crippen LogP contribution < -0.4 is 5.32 Å². The molecular weight excluding hydrogens is 585 g/mol.